The van der Waals surface area contributed by atoms with Crippen LogP contribution in [-0.4, -0.2) is 16.7 Å². The van der Waals surface area contributed by atoms with Crippen molar-refractivity contribution in [1.82, 2.24) is 0 Å². The Bertz CT molecular complexity index is 433. The molecule has 0 bridgehead atoms. The third-order valence-electron chi connectivity index (χ3n) is 2.75. The number of ketones is 1. The number of nitrogens with zero attached hydrogens (tertiary/aromatic N) is 1. The van der Waals surface area contributed by atoms with Crippen molar-refractivity contribution in [3.8, 4) is 0 Å². The van der Waals surface area contributed by atoms with Crippen LogP contribution in [0.1, 0.15) is 29.8 Å². The van der Waals surface area contributed by atoms with E-state index < -0.39 is 5.41 Å². The zero-order chi connectivity index (χ0) is 10.3. The number of fused-ring (bicyclic) bond motifs is 1. The molecule has 0 amide bonds. The van der Waals surface area contributed by atoms with E-state index in [-0.39, 0.29) is 11.5 Å². The van der Waals surface area contributed by atoms with Crippen LogP contribution in [0, 0.1) is 0 Å². The van der Waals surface area contributed by atoms with Crippen molar-refractivity contribution < 1.29 is 10.0 Å². The molecule has 0 fully saturated rings. The molecule has 0 radical (unpaired) electrons. The SMILES string of the molecule is CC1(C)/C(=N/O)C(=O)c2ccccc21. The van der Waals surface area contributed by atoms with Crippen molar-refractivity contribution in [3.63, 3.8) is 0 Å². The third-order valence-corrected chi connectivity index (χ3v) is 2.75. The Morgan fingerprint density at radius 1 is 1.29 bits per heavy atom. The van der Waals surface area contributed by atoms with E-state index in [4.69, 9.17) is 5.21 Å². The number of oxime groups is 1. The second kappa shape index (κ2) is 2.67. The van der Waals surface area contributed by atoms with Crippen LogP contribution in [0.5, 0.6) is 0 Å². The van der Waals surface area contributed by atoms with Crippen molar-refractivity contribution in [2.45, 2.75) is 19.3 Å². The van der Waals surface area contributed by atoms with Gasteiger partial charge in [0.1, 0.15) is 5.71 Å². The molecule has 1 N–H and O–H groups in total. The van der Waals surface area contributed by atoms with E-state index in [0.29, 0.717) is 5.56 Å². The first kappa shape index (κ1) is 8.94. The second-order valence-corrected chi connectivity index (χ2v) is 3.95. The summed E-state index contributed by atoms with van der Waals surface area (Å²) in [5, 5.41) is 11.9. The molecule has 0 unspecified atom stereocenters. The zero-order valence-electron chi connectivity index (χ0n) is 8.11. The molecular weight excluding hydrogens is 178 g/mol. The second-order valence-electron chi connectivity index (χ2n) is 3.95. The van der Waals surface area contributed by atoms with Gasteiger partial charge in [0.25, 0.3) is 0 Å². The maximum absolute atomic E-state index is 11.8. The minimum atomic E-state index is -0.484. The van der Waals surface area contributed by atoms with Gasteiger partial charge in [0.15, 0.2) is 0 Å². The fourth-order valence-electron chi connectivity index (χ4n) is 1.94. The molecule has 72 valence electrons. The minimum Gasteiger partial charge on any atom is -0.411 e. The largest absolute Gasteiger partial charge is 0.411 e. The lowest BCUT2D eigenvalue weighted by Crippen LogP contribution is -2.27. The Morgan fingerprint density at radius 2 is 1.93 bits per heavy atom. The normalized spacial score (nSPS) is 21.3. The quantitative estimate of drug-likeness (QED) is 0.501. The molecule has 3 nitrogen and oxygen atoms in total. The highest BCUT2D eigenvalue weighted by Gasteiger charge is 2.42. The molecule has 0 saturated heterocycles. The van der Waals surface area contributed by atoms with Gasteiger partial charge in [-0.15, -0.1) is 0 Å². The molecule has 1 aromatic carbocycles. The first-order valence-corrected chi connectivity index (χ1v) is 4.46. The number of benzene rings is 1. The van der Waals surface area contributed by atoms with Gasteiger partial charge in [0.05, 0.1) is 0 Å². The zero-order valence-corrected chi connectivity index (χ0v) is 8.11. The lowest BCUT2D eigenvalue weighted by molar-refractivity contribution is 0.106. The molecule has 0 spiro atoms. The Balaban J connectivity index is 2.74. The molecule has 0 aliphatic heterocycles. The number of hydrogen-bond acceptors (Lipinski definition) is 3. The highest BCUT2D eigenvalue weighted by Crippen LogP contribution is 2.35. The number of rotatable bonds is 0. The summed E-state index contributed by atoms with van der Waals surface area (Å²) in [6, 6.07) is 7.35. The summed E-state index contributed by atoms with van der Waals surface area (Å²) in [7, 11) is 0. The molecule has 0 heterocycles. The number of carbonyl (C=O) groups excluding carboxylic acids is 1. The van der Waals surface area contributed by atoms with E-state index in [0.717, 1.165) is 5.56 Å². The minimum absolute atomic E-state index is 0.173. The smallest absolute Gasteiger partial charge is 0.211 e. The molecule has 0 aromatic heterocycles. The Morgan fingerprint density at radius 3 is 2.50 bits per heavy atom. The summed E-state index contributed by atoms with van der Waals surface area (Å²) < 4.78 is 0. The van der Waals surface area contributed by atoms with Crippen molar-refractivity contribution in [3.05, 3.63) is 35.4 Å². The summed E-state index contributed by atoms with van der Waals surface area (Å²) in [5.74, 6) is -0.173. The van der Waals surface area contributed by atoms with Crippen LogP contribution in [0.3, 0.4) is 0 Å². The number of hydrogen-bond donors (Lipinski definition) is 1. The Kier molecular flexibility index (Phi) is 1.71. The van der Waals surface area contributed by atoms with Crippen LogP contribution in [0.15, 0.2) is 29.4 Å². The van der Waals surface area contributed by atoms with Gasteiger partial charge in [0, 0.05) is 11.0 Å². The predicted octanol–water partition coefficient (Wildman–Crippen LogP) is 1.99. The molecule has 14 heavy (non-hydrogen) atoms. The lowest BCUT2D eigenvalue weighted by Gasteiger charge is -2.17. The van der Waals surface area contributed by atoms with Crippen molar-refractivity contribution >= 4 is 11.5 Å². The highest BCUT2D eigenvalue weighted by atomic mass is 16.4. The van der Waals surface area contributed by atoms with Gasteiger partial charge in [-0.25, -0.2) is 0 Å². The van der Waals surface area contributed by atoms with E-state index in [1.165, 1.54) is 0 Å². The molecule has 1 aliphatic rings. The summed E-state index contributed by atoms with van der Waals surface area (Å²) >= 11 is 0. The van der Waals surface area contributed by atoms with Gasteiger partial charge in [-0.05, 0) is 19.4 Å². The fourth-order valence-corrected chi connectivity index (χ4v) is 1.94. The van der Waals surface area contributed by atoms with Crippen molar-refractivity contribution in [2.24, 2.45) is 5.16 Å². The molecule has 3 heteroatoms. The van der Waals surface area contributed by atoms with E-state index in [1.807, 2.05) is 32.0 Å². The van der Waals surface area contributed by atoms with Gasteiger partial charge in [-0.3, -0.25) is 4.79 Å². The number of Topliss-reactive ketones (excluding diaryl/α,β-unsaturated/α-hetero) is 1. The van der Waals surface area contributed by atoms with Gasteiger partial charge in [-0.1, -0.05) is 29.4 Å². The average molecular weight is 189 g/mol. The highest BCUT2D eigenvalue weighted by molar-refractivity contribution is 6.52. The Hall–Kier alpha value is -1.64. The van der Waals surface area contributed by atoms with Gasteiger partial charge in [0.2, 0.25) is 5.78 Å². The standard InChI is InChI=1S/C11H11NO2/c1-11(2)8-6-4-3-5-7(8)9(13)10(11)12-14/h3-6,14H,1-2H3/b12-10+. The van der Waals surface area contributed by atoms with Crippen LogP contribution in [-0.2, 0) is 5.41 Å². The monoisotopic (exact) mass is 189 g/mol. The summed E-state index contributed by atoms with van der Waals surface area (Å²) in [5.41, 5.74) is 1.31. The maximum Gasteiger partial charge on any atom is 0.211 e. The summed E-state index contributed by atoms with van der Waals surface area (Å²) in [6.07, 6.45) is 0. The van der Waals surface area contributed by atoms with E-state index >= 15 is 0 Å². The third kappa shape index (κ3) is 0.923. The summed E-state index contributed by atoms with van der Waals surface area (Å²) in [4.78, 5) is 11.8. The maximum atomic E-state index is 11.8. The van der Waals surface area contributed by atoms with Crippen molar-refractivity contribution in [1.29, 1.82) is 0 Å². The fraction of sp³-hybridized carbons (Fsp3) is 0.273. The van der Waals surface area contributed by atoms with Crippen LogP contribution in [0.25, 0.3) is 0 Å². The average Bonchev–Trinajstić information content (AvgIpc) is 2.36. The van der Waals surface area contributed by atoms with Gasteiger partial charge in [-0.2, -0.15) is 0 Å². The van der Waals surface area contributed by atoms with Crippen LogP contribution in [0.2, 0.25) is 0 Å². The van der Waals surface area contributed by atoms with E-state index in [2.05, 4.69) is 5.16 Å². The molecular formula is C11H11NO2. The van der Waals surface area contributed by atoms with Crippen LogP contribution in [0.4, 0.5) is 0 Å². The van der Waals surface area contributed by atoms with Gasteiger partial charge < -0.3 is 5.21 Å². The van der Waals surface area contributed by atoms with Crippen LogP contribution < -0.4 is 0 Å². The lowest BCUT2D eigenvalue weighted by atomic mass is 9.85. The molecule has 1 aromatic rings. The van der Waals surface area contributed by atoms with Crippen molar-refractivity contribution in [2.75, 3.05) is 0 Å². The Labute approximate surface area is 82.1 Å². The number of carbonyl (C=O) groups is 1. The molecule has 1 aliphatic carbocycles. The van der Waals surface area contributed by atoms with Gasteiger partial charge >= 0.3 is 0 Å². The molecule has 0 atom stereocenters. The summed E-state index contributed by atoms with van der Waals surface area (Å²) in [6.45, 7) is 3.76. The topological polar surface area (TPSA) is 49.7 Å². The van der Waals surface area contributed by atoms with E-state index in [1.54, 1.807) is 6.07 Å². The van der Waals surface area contributed by atoms with E-state index in [9.17, 15) is 4.79 Å². The van der Waals surface area contributed by atoms with Crippen LogP contribution >= 0.6 is 0 Å². The first-order valence-electron chi connectivity index (χ1n) is 4.46. The predicted molar refractivity (Wildman–Crippen MR) is 53.0 cm³/mol. The molecule has 0 saturated carbocycles. The first-order chi connectivity index (χ1) is 6.59. The molecule has 2 rings (SSSR count).